The van der Waals surface area contributed by atoms with E-state index in [-0.39, 0.29) is 48.5 Å². The monoisotopic (exact) mass is 1540 g/mol. The number of nitrogen functional groups attached to an aromatic ring is 5. The number of carbonyl (C=O) groups excluding carboxylic acids is 2. The third-order valence-corrected chi connectivity index (χ3v) is 29.7. The largest absolute Gasteiger partial charge is 0.444 e. The van der Waals surface area contributed by atoms with Gasteiger partial charge in [-0.25, -0.2) is 27.2 Å². The predicted molar refractivity (Wildman–Crippen MR) is 420 cm³/mol. The number of ether oxygens (including phenoxy) is 2. The Hall–Kier alpha value is -8.03. The highest BCUT2D eigenvalue weighted by Gasteiger charge is 2.45. The van der Waals surface area contributed by atoms with Gasteiger partial charge in [-0.1, -0.05) is 48.0 Å². The maximum atomic E-state index is 14.6. The van der Waals surface area contributed by atoms with Crippen LogP contribution in [0.1, 0.15) is 128 Å². The quantitative estimate of drug-likeness (QED) is 0.0572. The fourth-order valence-corrected chi connectivity index (χ4v) is 14.9. The summed E-state index contributed by atoms with van der Waals surface area (Å²) in [6.07, 6.45) is 0.434. The van der Waals surface area contributed by atoms with Crippen LogP contribution in [0, 0.1) is 0 Å². The van der Waals surface area contributed by atoms with Crippen molar-refractivity contribution in [2.24, 2.45) is 0 Å². The molecule has 0 bridgehead atoms. The van der Waals surface area contributed by atoms with Crippen molar-refractivity contribution in [2.75, 3.05) is 146 Å². The van der Waals surface area contributed by atoms with Crippen molar-refractivity contribution in [3.05, 3.63) is 60.7 Å². The third kappa shape index (κ3) is 25.5. The van der Waals surface area contributed by atoms with Crippen molar-refractivity contribution in [3.8, 4) is 0 Å². The molecule has 29 nitrogen and oxygen atoms in total. The van der Waals surface area contributed by atoms with E-state index < -0.39 is 76.8 Å². The van der Waals surface area contributed by atoms with Crippen LogP contribution >= 0.6 is 0 Å². The number of alkyl halides is 4. The maximum Gasteiger partial charge on any atom is 0.410 e. The second kappa shape index (κ2) is 36.9. The number of rotatable bonds is 12. The number of nitrogens with two attached hydrogens (primary N) is 5. The maximum absolute atomic E-state index is 14.6. The number of anilines is 10. The highest BCUT2D eigenvalue weighted by molar-refractivity contribution is 6.74. The van der Waals surface area contributed by atoms with Crippen molar-refractivity contribution in [1.82, 2.24) is 65.7 Å². The summed E-state index contributed by atoms with van der Waals surface area (Å²) in [5.41, 5.74) is 26.4. The Morgan fingerprint density at radius 1 is 0.393 bits per heavy atom. The van der Waals surface area contributed by atoms with E-state index in [0.29, 0.717) is 91.1 Å². The zero-order valence-electron chi connectivity index (χ0n) is 66.3. The number of amides is 2. The number of piperazine rings is 1. The molecule has 0 radical (unpaired) electrons. The lowest BCUT2D eigenvalue weighted by molar-refractivity contribution is 0.00987. The minimum Gasteiger partial charge on any atom is -0.444 e. The first-order valence-electron chi connectivity index (χ1n) is 37.2. The number of aromatic nitrogens is 10. The fraction of sp³-hybridized carbons (Fsp3) is 0.694. The van der Waals surface area contributed by atoms with Gasteiger partial charge in [0, 0.05) is 72.5 Å². The number of halogens is 4. The van der Waals surface area contributed by atoms with Gasteiger partial charge in [-0.3, -0.25) is 4.90 Å². The molecule has 5 aromatic rings. The summed E-state index contributed by atoms with van der Waals surface area (Å²) < 4.78 is 81.3. The van der Waals surface area contributed by atoms with Gasteiger partial charge < -0.3 is 81.3 Å². The lowest BCUT2D eigenvalue weighted by Gasteiger charge is -2.43. The number of hydrogen-bond donors (Lipinski definition) is 5. The molecule has 1 aliphatic carbocycles. The molecule has 0 spiro atoms. The van der Waals surface area contributed by atoms with E-state index in [2.05, 4.69) is 129 Å². The van der Waals surface area contributed by atoms with Crippen LogP contribution in [0.4, 0.5) is 85.3 Å². The molecular weight excluding hydrogens is 1420 g/mol. The van der Waals surface area contributed by atoms with Gasteiger partial charge in [0.2, 0.25) is 0 Å². The average Bonchev–Trinajstić information content (AvgIpc) is 0.823. The minimum atomic E-state index is -1.95. The molecule has 11 rings (SSSR count). The topological polar surface area (TPSA) is 356 Å². The Labute approximate surface area is 632 Å². The van der Waals surface area contributed by atoms with E-state index in [1.165, 1.54) is 29.1 Å². The van der Waals surface area contributed by atoms with Crippen LogP contribution < -0.4 is 53.2 Å². The molecule has 0 unspecified atom stereocenters. The van der Waals surface area contributed by atoms with E-state index >= 15 is 0 Å². The van der Waals surface area contributed by atoms with Crippen LogP contribution in [-0.4, -0.2) is 253 Å². The van der Waals surface area contributed by atoms with Gasteiger partial charge >= 0.3 is 12.2 Å². The van der Waals surface area contributed by atoms with E-state index in [0.717, 1.165) is 51.1 Å². The molecule has 10 heterocycles. The molecule has 0 aromatic carbocycles. The van der Waals surface area contributed by atoms with Crippen LogP contribution in [0.3, 0.4) is 0 Å². The molecule has 6 fully saturated rings. The van der Waals surface area contributed by atoms with Crippen molar-refractivity contribution in [2.45, 2.75) is 231 Å². The molecule has 8 atom stereocenters. The molecular formula is C72H121F4N23O6Si2. The van der Waals surface area contributed by atoms with Crippen molar-refractivity contribution in [3.63, 3.8) is 0 Å². The van der Waals surface area contributed by atoms with Crippen LogP contribution in [-0.2, 0) is 18.3 Å². The zero-order chi connectivity index (χ0) is 79.1. The molecule has 5 saturated heterocycles. The number of nitrogens with zero attached hydrogens (tertiary/aromatic N) is 18. The second-order valence-corrected chi connectivity index (χ2v) is 42.9. The number of hydrogen-bond acceptors (Lipinski definition) is 27. The SMILES string of the molecule is CC(C)(C)[Si](C)(C)O[C@@H]1CCN(c2ccc(N)nn2)C[C@H]1F.CC(C)(C)[Si](C)(C)O[C@H]1CCN(c2ccc(N)nn2)C[C@H]1F.CN(C(=O)OC(C)(C)C)[C@@H]1CCN(c2ccc(N)nn2)C[C@@H]1F.CN(C(=O)OC(C)(C)C)[C@@H]1CCN(c2ccc(N)nn2)C[C@@H]1F.Nc1ccc(N2CCN(C3CCC3)CC2)nn1. The number of carbonyl (C=O) groups is 2. The third-order valence-electron chi connectivity index (χ3n) is 20.7. The van der Waals surface area contributed by atoms with E-state index in [9.17, 15) is 27.2 Å². The predicted octanol–water partition coefficient (Wildman–Crippen LogP) is 10.4. The Morgan fingerprint density at radius 3 is 0.888 bits per heavy atom. The zero-order valence-corrected chi connectivity index (χ0v) is 68.3. The van der Waals surface area contributed by atoms with Gasteiger partial charge in [-0.15, -0.1) is 51.0 Å². The van der Waals surface area contributed by atoms with Crippen molar-refractivity contribution in [1.29, 1.82) is 0 Å². The summed E-state index contributed by atoms with van der Waals surface area (Å²) in [6, 6.07) is 17.3. The summed E-state index contributed by atoms with van der Waals surface area (Å²) in [5.74, 6) is 5.34. The first-order valence-corrected chi connectivity index (χ1v) is 43.0. The minimum absolute atomic E-state index is 0.0896. The van der Waals surface area contributed by atoms with E-state index in [1.54, 1.807) is 114 Å². The number of piperidine rings is 4. The van der Waals surface area contributed by atoms with E-state index in [4.69, 9.17) is 47.0 Å². The summed E-state index contributed by atoms with van der Waals surface area (Å²) >= 11 is 0. The molecule has 2 amide bonds. The second-order valence-electron chi connectivity index (χ2n) is 33.3. The van der Waals surface area contributed by atoms with Crippen LogP contribution in [0.2, 0.25) is 36.3 Å². The normalized spacial score (nSPS) is 22.7. The average molecular weight is 1540 g/mol. The lowest BCUT2D eigenvalue weighted by Crippen LogP contribution is -2.54. The van der Waals surface area contributed by atoms with Gasteiger partial charge in [-0.05, 0) is 177 Å². The van der Waals surface area contributed by atoms with Gasteiger partial charge in [0.05, 0.1) is 50.5 Å². The van der Waals surface area contributed by atoms with Crippen LogP contribution in [0.15, 0.2) is 60.7 Å². The molecule has 596 valence electrons. The van der Waals surface area contributed by atoms with Crippen LogP contribution in [0.25, 0.3) is 0 Å². The first kappa shape index (κ1) is 86.2. The molecule has 1 saturated carbocycles. The Morgan fingerprint density at radius 2 is 0.664 bits per heavy atom. The molecule has 10 N–H and O–H groups in total. The molecule has 107 heavy (non-hydrogen) atoms. The Kier molecular flexibility index (Phi) is 29.7. The van der Waals surface area contributed by atoms with Gasteiger partial charge in [0.15, 0.2) is 45.7 Å². The molecule has 5 aliphatic heterocycles. The van der Waals surface area contributed by atoms with Gasteiger partial charge in [0.1, 0.15) is 65.0 Å². The van der Waals surface area contributed by atoms with Gasteiger partial charge in [0.25, 0.3) is 0 Å². The molecule has 6 aliphatic rings. The smallest absolute Gasteiger partial charge is 0.410 e. The highest BCUT2D eigenvalue weighted by atomic mass is 28.4. The lowest BCUT2D eigenvalue weighted by atomic mass is 9.91. The fourth-order valence-electron chi connectivity index (χ4n) is 12.2. The summed E-state index contributed by atoms with van der Waals surface area (Å²) in [6.45, 7) is 40.3. The Bertz CT molecular complexity index is 3340. The standard InChI is InChI=1S/2C15H24FN5O2.2C15H27FN4OSi.C12H19N5/c2*1-15(2,3)23-14(22)20(4)11-7-8-21(9-10(11)16)13-6-5-12(17)18-19-13;2*1-15(2,3)22(4,5)21-12-8-9-20(10-11(12)16)14-7-6-13(17)18-19-14;13-11-4-5-12(15-14-11)17-8-6-16(7-9-17)10-2-1-3-10/h2*5-6,10-11H,7-9H2,1-4H3,(H2,17,18);2*6-7,11-12H,8-10H2,1-5H3,(H2,17,18);4-5,10H,1-3,6-9H2,(H2,13,14)/t2*10-,11+;11-,12+;11-,12-;/m0011./s1. The van der Waals surface area contributed by atoms with Gasteiger partial charge in [-0.2, -0.15) is 0 Å². The molecule has 5 aromatic heterocycles. The van der Waals surface area contributed by atoms with Crippen LogP contribution in [0.5, 0.6) is 0 Å². The summed E-state index contributed by atoms with van der Waals surface area (Å²) in [4.78, 5) is 39.2. The summed E-state index contributed by atoms with van der Waals surface area (Å²) in [7, 11) is -0.745. The van der Waals surface area contributed by atoms with Crippen molar-refractivity contribution >= 4 is 87.0 Å². The van der Waals surface area contributed by atoms with Crippen molar-refractivity contribution < 1.29 is 45.5 Å². The summed E-state index contributed by atoms with van der Waals surface area (Å²) in [5, 5.41) is 39.4. The molecule has 35 heteroatoms. The Balaban J connectivity index is 0.000000187. The van der Waals surface area contributed by atoms with E-state index in [1.807, 2.05) is 21.9 Å². The first-order chi connectivity index (χ1) is 49.9. The highest BCUT2D eigenvalue weighted by Crippen LogP contribution is 2.41.